The van der Waals surface area contributed by atoms with Crippen molar-refractivity contribution in [2.24, 2.45) is 5.92 Å². The lowest BCUT2D eigenvalue weighted by molar-refractivity contribution is -0.119. The fraction of sp³-hybridized carbons (Fsp3) is 0.429. The van der Waals surface area contributed by atoms with E-state index in [1.54, 1.807) is 19.1 Å². The molecule has 0 radical (unpaired) electrons. The first-order chi connectivity index (χ1) is 9.82. The van der Waals surface area contributed by atoms with Crippen LogP contribution in [0.1, 0.15) is 22.3 Å². The van der Waals surface area contributed by atoms with Crippen LogP contribution in [-0.4, -0.2) is 38.9 Å². The first-order valence-corrected chi connectivity index (χ1v) is 8.35. The molecule has 0 spiro atoms. The van der Waals surface area contributed by atoms with Crippen molar-refractivity contribution >= 4 is 27.4 Å². The van der Waals surface area contributed by atoms with E-state index in [0.29, 0.717) is 17.7 Å². The molecular formula is C14H17NO5S. The molecule has 1 aliphatic heterocycles. The Bertz CT molecular complexity index is 681. The average molecular weight is 311 g/mol. The van der Waals surface area contributed by atoms with E-state index in [-0.39, 0.29) is 17.4 Å². The zero-order valence-electron chi connectivity index (χ0n) is 11.9. The van der Waals surface area contributed by atoms with Gasteiger partial charge in [-0.1, -0.05) is 6.07 Å². The molecule has 0 saturated carbocycles. The summed E-state index contributed by atoms with van der Waals surface area (Å²) in [5, 5.41) is 2.70. The van der Waals surface area contributed by atoms with Gasteiger partial charge in [0.05, 0.1) is 30.1 Å². The van der Waals surface area contributed by atoms with Crippen LogP contribution < -0.4 is 5.32 Å². The van der Waals surface area contributed by atoms with Crippen molar-refractivity contribution in [2.45, 2.75) is 13.3 Å². The highest BCUT2D eigenvalue weighted by atomic mass is 32.2. The molecule has 1 amide bonds. The van der Waals surface area contributed by atoms with E-state index in [1.165, 1.54) is 13.2 Å². The van der Waals surface area contributed by atoms with E-state index in [0.717, 1.165) is 5.56 Å². The van der Waals surface area contributed by atoms with Crippen molar-refractivity contribution in [3.05, 3.63) is 29.3 Å². The van der Waals surface area contributed by atoms with Crippen LogP contribution in [0.4, 0.5) is 5.69 Å². The van der Waals surface area contributed by atoms with Crippen molar-refractivity contribution in [3.63, 3.8) is 0 Å². The van der Waals surface area contributed by atoms with E-state index in [4.69, 9.17) is 0 Å². The quantitative estimate of drug-likeness (QED) is 0.846. The van der Waals surface area contributed by atoms with Crippen molar-refractivity contribution in [1.29, 1.82) is 0 Å². The van der Waals surface area contributed by atoms with Gasteiger partial charge in [-0.3, -0.25) is 4.79 Å². The Balaban J connectivity index is 2.16. The van der Waals surface area contributed by atoms with Crippen molar-refractivity contribution in [1.82, 2.24) is 0 Å². The summed E-state index contributed by atoms with van der Waals surface area (Å²) in [5.74, 6) is -1.42. The van der Waals surface area contributed by atoms with Gasteiger partial charge >= 0.3 is 5.97 Å². The Morgan fingerprint density at radius 1 is 1.33 bits per heavy atom. The molecule has 6 nitrogen and oxygen atoms in total. The Labute approximate surface area is 123 Å². The number of benzene rings is 1. The highest BCUT2D eigenvalue weighted by molar-refractivity contribution is 7.91. The summed E-state index contributed by atoms with van der Waals surface area (Å²) in [7, 11) is -1.82. The molecule has 21 heavy (non-hydrogen) atoms. The number of hydrogen-bond acceptors (Lipinski definition) is 5. The monoisotopic (exact) mass is 311 g/mol. The van der Waals surface area contributed by atoms with Crippen LogP contribution in [0.15, 0.2) is 18.2 Å². The van der Waals surface area contributed by atoms with Crippen LogP contribution in [0.3, 0.4) is 0 Å². The summed E-state index contributed by atoms with van der Waals surface area (Å²) in [6.45, 7) is 1.79. The molecule has 1 aromatic carbocycles. The molecule has 114 valence electrons. The molecule has 0 unspecified atom stereocenters. The zero-order valence-corrected chi connectivity index (χ0v) is 12.7. The predicted molar refractivity (Wildman–Crippen MR) is 77.9 cm³/mol. The molecule has 0 aromatic heterocycles. The third kappa shape index (κ3) is 3.60. The number of anilines is 1. The Hall–Kier alpha value is -1.89. The SMILES string of the molecule is COC(=O)c1ccc(C)c(NC(=O)[C@H]2CCS(=O)(=O)C2)c1. The number of ether oxygens (including phenoxy) is 1. The van der Waals surface area contributed by atoms with Gasteiger partial charge in [-0.05, 0) is 31.0 Å². The molecule has 1 aromatic rings. The second kappa shape index (κ2) is 5.85. The fourth-order valence-corrected chi connectivity index (χ4v) is 3.98. The lowest BCUT2D eigenvalue weighted by Crippen LogP contribution is -2.24. The molecule has 1 saturated heterocycles. The highest BCUT2D eigenvalue weighted by Gasteiger charge is 2.33. The zero-order chi connectivity index (χ0) is 15.6. The Kier molecular flexibility index (Phi) is 4.32. The summed E-state index contributed by atoms with van der Waals surface area (Å²) in [6, 6.07) is 4.84. The molecule has 0 bridgehead atoms. The van der Waals surface area contributed by atoms with E-state index >= 15 is 0 Å². The maximum Gasteiger partial charge on any atom is 0.337 e. The van der Waals surface area contributed by atoms with Crippen molar-refractivity contribution in [2.75, 3.05) is 23.9 Å². The van der Waals surface area contributed by atoms with Gasteiger partial charge in [-0.15, -0.1) is 0 Å². The number of aryl methyl sites for hydroxylation is 1. The minimum Gasteiger partial charge on any atom is -0.465 e. The van der Waals surface area contributed by atoms with Gasteiger partial charge < -0.3 is 10.1 Å². The van der Waals surface area contributed by atoms with E-state index in [1.807, 2.05) is 0 Å². The first kappa shape index (κ1) is 15.5. The van der Waals surface area contributed by atoms with Gasteiger partial charge in [-0.25, -0.2) is 13.2 Å². The number of amides is 1. The third-order valence-electron chi connectivity index (χ3n) is 3.52. The summed E-state index contributed by atoms with van der Waals surface area (Å²) >= 11 is 0. The second-order valence-electron chi connectivity index (χ2n) is 5.11. The van der Waals surface area contributed by atoms with Gasteiger partial charge in [0.1, 0.15) is 0 Å². The van der Waals surface area contributed by atoms with Crippen molar-refractivity contribution < 1.29 is 22.7 Å². The Morgan fingerprint density at radius 3 is 2.62 bits per heavy atom. The number of hydrogen-bond donors (Lipinski definition) is 1. The van der Waals surface area contributed by atoms with Gasteiger partial charge in [-0.2, -0.15) is 0 Å². The van der Waals surface area contributed by atoms with Crippen LogP contribution >= 0.6 is 0 Å². The molecule has 1 aliphatic rings. The van der Waals surface area contributed by atoms with Crippen LogP contribution in [0.25, 0.3) is 0 Å². The van der Waals surface area contributed by atoms with Crippen LogP contribution in [0.5, 0.6) is 0 Å². The smallest absolute Gasteiger partial charge is 0.337 e. The second-order valence-corrected chi connectivity index (χ2v) is 7.34. The van der Waals surface area contributed by atoms with Gasteiger partial charge in [0.15, 0.2) is 9.84 Å². The van der Waals surface area contributed by atoms with Gasteiger partial charge in [0.2, 0.25) is 5.91 Å². The number of rotatable bonds is 3. The molecule has 1 N–H and O–H groups in total. The van der Waals surface area contributed by atoms with E-state index in [2.05, 4.69) is 10.1 Å². The fourth-order valence-electron chi connectivity index (χ4n) is 2.24. The lowest BCUT2D eigenvalue weighted by atomic mass is 10.1. The molecule has 7 heteroatoms. The maximum absolute atomic E-state index is 12.1. The van der Waals surface area contributed by atoms with Crippen LogP contribution in [0.2, 0.25) is 0 Å². The summed E-state index contributed by atoms with van der Waals surface area (Å²) in [6.07, 6.45) is 0.337. The molecule has 0 aliphatic carbocycles. The number of carbonyl (C=O) groups excluding carboxylic acids is 2. The number of carbonyl (C=O) groups is 2. The first-order valence-electron chi connectivity index (χ1n) is 6.52. The number of esters is 1. The highest BCUT2D eigenvalue weighted by Crippen LogP contribution is 2.23. The third-order valence-corrected chi connectivity index (χ3v) is 5.29. The standard InChI is InChI=1S/C14H17NO5S/c1-9-3-4-10(14(17)20-2)7-12(9)15-13(16)11-5-6-21(18,19)8-11/h3-4,7,11H,5-6,8H2,1-2H3,(H,15,16)/t11-/m0/s1. The van der Waals surface area contributed by atoms with Gasteiger partial charge in [0, 0.05) is 5.69 Å². The molecule has 1 heterocycles. The van der Waals surface area contributed by atoms with E-state index < -0.39 is 21.7 Å². The number of sulfone groups is 1. The topological polar surface area (TPSA) is 89.5 Å². The van der Waals surface area contributed by atoms with Gasteiger partial charge in [0.25, 0.3) is 0 Å². The van der Waals surface area contributed by atoms with Crippen LogP contribution in [-0.2, 0) is 19.4 Å². The number of methoxy groups -OCH3 is 1. The number of nitrogens with one attached hydrogen (secondary N) is 1. The largest absolute Gasteiger partial charge is 0.465 e. The van der Waals surface area contributed by atoms with Crippen LogP contribution in [0, 0.1) is 12.8 Å². The lowest BCUT2D eigenvalue weighted by Gasteiger charge is -2.12. The minimum atomic E-state index is -3.10. The predicted octanol–water partition coefficient (Wildman–Crippen LogP) is 1.15. The molecular weight excluding hydrogens is 294 g/mol. The van der Waals surface area contributed by atoms with E-state index in [9.17, 15) is 18.0 Å². The molecule has 1 fully saturated rings. The summed E-state index contributed by atoms with van der Waals surface area (Å²) in [5.41, 5.74) is 1.61. The summed E-state index contributed by atoms with van der Waals surface area (Å²) < 4.78 is 27.4. The average Bonchev–Trinajstić information content (AvgIpc) is 2.80. The molecule has 2 rings (SSSR count). The summed E-state index contributed by atoms with van der Waals surface area (Å²) in [4.78, 5) is 23.6. The minimum absolute atomic E-state index is 0.0479. The normalized spacial score (nSPS) is 20.0. The maximum atomic E-state index is 12.1. The molecule has 1 atom stereocenters. The van der Waals surface area contributed by atoms with Crippen molar-refractivity contribution in [3.8, 4) is 0 Å². The Morgan fingerprint density at radius 2 is 2.05 bits per heavy atom.